The van der Waals surface area contributed by atoms with E-state index < -0.39 is 33.4 Å². The Bertz CT molecular complexity index is 1440. The van der Waals surface area contributed by atoms with Crippen molar-refractivity contribution < 1.29 is 24.7 Å². The molecule has 0 spiro atoms. The summed E-state index contributed by atoms with van der Waals surface area (Å²) in [7, 11) is 0. The zero-order chi connectivity index (χ0) is 25.1. The van der Waals surface area contributed by atoms with Crippen molar-refractivity contribution in [2.75, 3.05) is 11.4 Å². The molecule has 0 saturated heterocycles. The van der Waals surface area contributed by atoms with Crippen LogP contribution in [0.2, 0.25) is 0 Å². The summed E-state index contributed by atoms with van der Waals surface area (Å²) in [6.45, 7) is 8.04. The Morgan fingerprint density at radius 1 is 1.15 bits per heavy atom. The van der Waals surface area contributed by atoms with Crippen LogP contribution in [0.1, 0.15) is 53.0 Å². The topological polar surface area (TPSA) is 161 Å². The fraction of sp³-hybridized carbons (Fsp3) is 0.364. The molecule has 3 aromatic rings. The number of nitro benzene ring substituents is 1. The first kappa shape index (κ1) is 23.0. The van der Waals surface area contributed by atoms with E-state index in [1.807, 2.05) is 20.8 Å². The molecule has 12 heteroatoms. The molecule has 3 heterocycles. The molecule has 2 aromatic heterocycles. The third-order valence-electron chi connectivity index (χ3n) is 5.96. The molecule has 0 radical (unpaired) electrons. The first-order chi connectivity index (χ1) is 15.8. The van der Waals surface area contributed by atoms with Gasteiger partial charge in [-0.15, -0.1) is 0 Å². The van der Waals surface area contributed by atoms with Gasteiger partial charge in [0.25, 0.3) is 5.69 Å². The summed E-state index contributed by atoms with van der Waals surface area (Å²) in [5.41, 5.74) is -1.19. The van der Waals surface area contributed by atoms with E-state index >= 15 is 0 Å². The van der Waals surface area contributed by atoms with Crippen LogP contribution >= 0.6 is 0 Å². The molecule has 1 aliphatic heterocycles. The molecule has 4 rings (SSSR count). The molecule has 0 saturated carbocycles. The van der Waals surface area contributed by atoms with Gasteiger partial charge >= 0.3 is 11.9 Å². The van der Waals surface area contributed by atoms with Gasteiger partial charge in [-0.25, -0.2) is 14.6 Å². The number of fused-ring (bicyclic) bond motifs is 2. The van der Waals surface area contributed by atoms with Crippen molar-refractivity contribution in [3.63, 3.8) is 0 Å². The minimum absolute atomic E-state index is 0.0468. The van der Waals surface area contributed by atoms with E-state index in [-0.39, 0.29) is 29.0 Å². The highest BCUT2D eigenvalue weighted by Crippen LogP contribution is 2.39. The number of rotatable bonds is 4. The van der Waals surface area contributed by atoms with Crippen LogP contribution in [0.5, 0.6) is 0 Å². The number of hydrogen-bond donors (Lipinski definition) is 2. The van der Waals surface area contributed by atoms with Crippen LogP contribution in [0.15, 0.2) is 23.3 Å². The van der Waals surface area contributed by atoms with Crippen molar-refractivity contribution in [1.82, 2.24) is 14.1 Å². The van der Waals surface area contributed by atoms with Crippen LogP contribution in [0.25, 0.3) is 10.9 Å². The van der Waals surface area contributed by atoms with Crippen molar-refractivity contribution >= 4 is 34.2 Å². The Hall–Kier alpha value is -4.22. The number of nitro groups is 1. The van der Waals surface area contributed by atoms with Crippen LogP contribution in [0, 0.1) is 17.0 Å². The number of carboxylic acids is 2. The molecule has 178 valence electrons. The summed E-state index contributed by atoms with van der Waals surface area (Å²) in [6.07, 6.45) is 2.71. The van der Waals surface area contributed by atoms with E-state index in [0.29, 0.717) is 30.0 Å². The molecule has 0 amide bonds. The van der Waals surface area contributed by atoms with Gasteiger partial charge in [-0.1, -0.05) is 0 Å². The molecule has 0 atom stereocenters. The van der Waals surface area contributed by atoms with Gasteiger partial charge in [-0.3, -0.25) is 14.9 Å². The molecule has 0 bridgehead atoms. The van der Waals surface area contributed by atoms with Crippen LogP contribution in [-0.2, 0) is 18.6 Å². The Balaban J connectivity index is 2.02. The standard InChI is InChI=1S/C22H23N5O7/c1-11-17-12(19(28)13(20(29)30)8-26(17)22(2,3)4)7-15(27(33)34)18(11)25-6-5-24-9-14(21(31)32)23-16(24)10-25/h7-9H,5-6,10H2,1-4H3,(H,29,30)(H,31,32). The quantitative estimate of drug-likeness (QED) is 0.432. The van der Waals surface area contributed by atoms with Gasteiger partial charge in [-0.2, -0.15) is 0 Å². The van der Waals surface area contributed by atoms with E-state index in [9.17, 15) is 34.7 Å². The number of anilines is 1. The van der Waals surface area contributed by atoms with Crippen molar-refractivity contribution in [2.45, 2.75) is 46.3 Å². The van der Waals surface area contributed by atoms with Gasteiger partial charge < -0.3 is 24.2 Å². The van der Waals surface area contributed by atoms with Crippen LogP contribution in [0.4, 0.5) is 11.4 Å². The lowest BCUT2D eigenvalue weighted by Gasteiger charge is -2.32. The summed E-state index contributed by atoms with van der Waals surface area (Å²) in [5, 5.41) is 30.8. The number of imidazole rings is 1. The average Bonchev–Trinajstić information content (AvgIpc) is 3.16. The van der Waals surface area contributed by atoms with Crippen molar-refractivity contribution in [1.29, 1.82) is 0 Å². The van der Waals surface area contributed by atoms with E-state index in [2.05, 4.69) is 4.98 Å². The molecule has 12 nitrogen and oxygen atoms in total. The second-order valence-corrected chi connectivity index (χ2v) is 9.20. The molecular formula is C22H23N5O7. The molecule has 1 aromatic carbocycles. The molecular weight excluding hydrogens is 446 g/mol. The highest BCUT2D eigenvalue weighted by molar-refractivity contribution is 5.97. The Labute approximate surface area is 192 Å². The number of carboxylic acid groups (broad SMARTS) is 2. The number of aromatic nitrogens is 3. The summed E-state index contributed by atoms with van der Waals surface area (Å²) in [5.74, 6) is -2.12. The second-order valence-electron chi connectivity index (χ2n) is 9.20. The van der Waals surface area contributed by atoms with Gasteiger partial charge in [0.2, 0.25) is 5.43 Å². The second kappa shape index (κ2) is 7.68. The number of benzene rings is 1. The predicted octanol–water partition coefficient (Wildman–Crippen LogP) is 2.59. The van der Waals surface area contributed by atoms with Gasteiger partial charge in [0, 0.05) is 42.7 Å². The lowest BCUT2D eigenvalue weighted by molar-refractivity contribution is -0.384. The smallest absolute Gasteiger partial charge is 0.356 e. The Morgan fingerprint density at radius 3 is 2.38 bits per heavy atom. The maximum atomic E-state index is 13.0. The van der Waals surface area contributed by atoms with Gasteiger partial charge in [0.15, 0.2) is 5.69 Å². The lowest BCUT2D eigenvalue weighted by atomic mass is 9.99. The van der Waals surface area contributed by atoms with Crippen molar-refractivity contribution in [3.05, 3.63) is 61.4 Å². The molecule has 34 heavy (non-hydrogen) atoms. The van der Waals surface area contributed by atoms with Crippen molar-refractivity contribution in [2.24, 2.45) is 0 Å². The molecule has 1 aliphatic rings. The van der Waals surface area contributed by atoms with Crippen LogP contribution < -0.4 is 10.3 Å². The lowest BCUT2D eigenvalue weighted by Crippen LogP contribution is -2.35. The highest BCUT2D eigenvalue weighted by Gasteiger charge is 2.32. The average molecular weight is 469 g/mol. The molecule has 0 unspecified atom stereocenters. The number of aromatic carboxylic acids is 2. The molecule has 0 aliphatic carbocycles. The summed E-state index contributed by atoms with van der Waals surface area (Å²) < 4.78 is 3.36. The van der Waals surface area contributed by atoms with E-state index in [1.54, 1.807) is 21.0 Å². The zero-order valence-electron chi connectivity index (χ0n) is 19.0. The van der Waals surface area contributed by atoms with Crippen LogP contribution in [-0.4, -0.2) is 47.7 Å². The highest BCUT2D eigenvalue weighted by atomic mass is 16.6. The predicted molar refractivity (Wildman–Crippen MR) is 122 cm³/mol. The monoisotopic (exact) mass is 469 g/mol. The minimum Gasteiger partial charge on any atom is -0.477 e. The Kier molecular flexibility index (Phi) is 5.18. The summed E-state index contributed by atoms with van der Waals surface area (Å²) in [4.78, 5) is 53.4. The van der Waals surface area contributed by atoms with Gasteiger partial charge in [0.1, 0.15) is 17.1 Å². The fourth-order valence-corrected chi connectivity index (χ4v) is 4.43. The van der Waals surface area contributed by atoms with Crippen LogP contribution in [0.3, 0.4) is 0 Å². The third kappa shape index (κ3) is 3.56. The zero-order valence-corrected chi connectivity index (χ0v) is 19.0. The largest absolute Gasteiger partial charge is 0.477 e. The molecule has 2 N–H and O–H groups in total. The fourth-order valence-electron chi connectivity index (χ4n) is 4.43. The third-order valence-corrected chi connectivity index (χ3v) is 5.96. The number of hydrogen-bond acceptors (Lipinski definition) is 7. The minimum atomic E-state index is -1.41. The van der Waals surface area contributed by atoms with Gasteiger partial charge in [-0.05, 0) is 27.7 Å². The Morgan fingerprint density at radius 2 is 1.82 bits per heavy atom. The summed E-state index contributed by atoms with van der Waals surface area (Å²) in [6, 6.07) is 1.14. The maximum absolute atomic E-state index is 13.0. The number of aryl methyl sites for hydroxylation is 1. The summed E-state index contributed by atoms with van der Waals surface area (Å²) >= 11 is 0. The first-order valence-electron chi connectivity index (χ1n) is 10.5. The SMILES string of the molecule is Cc1c(N2CCn3cc(C(=O)O)nc3C2)c([N+](=O)[O-])cc2c(=O)c(C(=O)O)cn(C(C)(C)C)c12. The first-order valence-corrected chi connectivity index (χ1v) is 10.5. The van der Waals surface area contributed by atoms with Gasteiger partial charge in [0.05, 0.1) is 22.4 Å². The number of nitrogens with zero attached hydrogens (tertiary/aromatic N) is 5. The van der Waals surface area contributed by atoms with E-state index in [0.717, 1.165) is 6.07 Å². The normalized spacial score (nSPS) is 13.7. The number of carbonyl (C=O) groups is 2. The maximum Gasteiger partial charge on any atom is 0.356 e. The van der Waals surface area contributed by atoms with E-state index in [1.165, 1.54) is 12.4 Å². The van der Waals surface area contributed by atoms with Crippen molar-refractivity contribution in [3.8, 4) is 0 Å². The van der Waals surface area contributed by atoms with E-state index in [4.69, 9.17) is 0 Å². The molecule has 0 fully saturated rings. The number of pyridine rings is 1.